The van der Waals surface area contributed by atoms with Gasteiger partial charge in [0.1, 0.15) is 24.5 Å². The summed E-state index contributed by atoms with van der Waals surface area (Å²) in [6, 6.07) is 20.6. The summed E-state index contributed by atoms with van der Waals surface area (Å²) in [5.74, 6) is -2.28. The van der Waals surface area contributed by atoms with Crippen LogP contribution in [-0.4, -0.2) is 77.2 Å². The molecule has 2 heterocycles. The zero-order chi connectivity index (χ0) is 50.3. The van der Waals surface area contributed by atoms with Crippen LogP contribution in [0.3, 0.4) is 0 Å². The molecule has 0 atom stereocenters. The number of anilines is 4. The molecule has 4 aromatic carbocycles. The molecule has 0 aliphatic rings. The zero-order valence-corrected chi connectivity index (χ0v) is 41.4. The second-order valence-electron chi connectivity index (χ2n) is 13.9. The van der Waals surface area contributed by atoms with Gasteiger partial charge < -0.3 is 40.2 Å². The van der Waals surface area contributed by atoms with Gasteiger partial charge in [0.15, 0.2) is 44.8 Å². The fraction of sp³-hybridized carbons (Fsp3) is 0.190. The minimum absolute atomic E-state index is 0.0226. The first-order valence-electron chi connectivity index (χ1n) is 19.6. The molecule has 27 heteroatoms. The maximum Gasteiger partial charge on any atom is 0.235 e. The van der Waals surface area contributed by atoms with E-state index in [0.717, 1.165) is 59.5 Å². The first-order chi connectivity index (χ1) is 32.7. The minimum Gasteiger partial charge on any atom is -0.493 e. The van der Waals surface area contributed by atoms with E-state index in [2.05, 4.69) is 56.6 Å². The van der Waals surface area contributed by atoms with Gasteiger partial charge in [-0.05, 0) is 64.5 Å². The van der Waals surface area contributed by atoms with E-state index in [0.29, 0.717) is 38.2 Å². The third kappa shape index (κ3) is 17.8. The molecule has 0 bridgehead atoms. The van der Waals surface area contributed by atoms with Gasteiger partial charge in [0.05, 0.1) is 66.4 Å². The molecular weight excluding hydrogens is 1050 g/mol. The topological polar surface area (TPSA) is 271 Å². The number of methoxy groups -OCH3 is 2. The van der Waals surface area contributed by atoms with Gasteiger partial charge in [-0.2, -0.15) is 0 Å². The third-order valence-corrected chi connectivity index (χ3v) is 12.3. The highest BCUT2D eigenvalue weighted by Gasteiger charge is 2.19. The predicted molar refractivity (Wildman–Crippen MR) is 258 cm³/mol. The molecule has 6 N–H and O–H groups in total. The Kier molecular flexibility index (Phi) is 19.0. The molecule has 0 saturated heterocycles. The lowest BCUT2D eigenvalue weighted by molar-refractivity contribution is -0.125. The predicted octanol–water partition coefficient (Wildman–Crippen LogP) is 6.96. The van der Waals surface area contributed by atoms with E-state index in [-0.39, 0.29) is 46.2 Å². The van der Waals surface area contributed by atoms with Gasteiger partial charge in [-0.15, -0.1) is 11.3 Å². The van der Waals surface area contributed by atoms with Crippen molar-refractivity contribution in [1.82, 2.24) is 19.4 Å². The Balaban J connectivity index is 0.000000258. The number of ether oxygens (including phenoxy) is 4. The highest BCUT2D eigenvalue weighted by Crippen LogP contribution is 2.37. The van der Waals surface area contributed by atoms with Crippen molar-refractivity contribution in [1.29, 1.82) is 0 Å². The van der Waals surface area contributed by atoms with E-state index in [1.807, 2.05) is 0 Å². The summed E-state index contributed by atoms with van der Waals surface area (Å²) in [6.45, 7) is -0.0863. The van der Waals surface area contributed by atoms with Crippen molar-refractivity contribution in [3.63, 3.8) is 0 Å². The lowest BCUT2D eigenvalue weighted by Crippen LogP contribution is -2.22. The van der Waals surface area contributed by atoms with Gasteiger partial charge >= 0.3 is 0 Å². The molecule has 0 fully saturated rings. The van der Waals surface area contributed by atoms with Gasteiger partial charge in [-0.25, -0.2) is 45.0 Å². The van der Waals surface area contributed by atoms with E-state index in [1.54, 1.807) is 53.9 Å². The molecule has 4 amide bonds. The molecule has 366 valence electrons. The number of hydrogen-bond acceptors (Lipinski definition) is 16. The van der Waals surface area contributed by atoms with Crippen LogP contribution in [0.5, 0.6) is 34.5 Å². The van der Waals surface area contributed by atoms with Crippen molar-refractivity contribution in [3.05, 3.63) is 117 Å². The number of hydrogen-bond donors (Lipinski definition) is 6. The van der Waals surface area contributed by atoms with Crippen molar-refractivity contribution in [3.8, 4) is 34.5 Å². The van der Waals surface area contributed by atoms with Gasteiger partial charge in [-0.1, -0.05) is 35.6 Å². The number of aromatic nitrogens is 2. The normalized spacial score (nSPS) is 11.1. The number of carbonyl (C=O) groups excluding carboxylic acids is 4. The fourth-order valence-corrected chi connectivity index (χ4v) is 8.31. The fourth-order valence-electron chi connectivity index (χ4n) is 5.36. The standard InChI is InChI=1S/C21H20BrFN4O6S2.C21H21FN4O6S2/c1-32-15-5-3-4-6-16(15)33-17-9-12(23)7-8-13(17)25-18(28)10-19(29)27-21-26-14(20(22)34-21)11-24-35(2,30)31;1-31-16-5-3-4-6-17(16)32-18-9-13(22)7-8-15(18)25-19(27)10-20(28)26-21-24-14(12-33-21)11-23-34(2,29)30/h3-9,24H,10-11H2,1-2H3,(H,25,28)(H,26,27,29);3-9,12,23H,10-11H2,1-2H3,(H,25,27)(H,24,26,28). The summed E-state index contributed by atoms with van der Waals surface area (Å²) in [5.41, 5.74) is 1.11. The summed E-state index contributed by atoms with van der Waals surface area (Å²) >= 11 is 5.41. The Bertz CT molecular complexity index is 3050. The maximum absolute atomic E-state index is 13.8. The van der Waals surface area contributed by atoms with Crippen molar-refractivity contribution in [2.45, 2.75) is 25.9 Å². The van der Waals surface area contributed by atoms with Gasteiger partial charge in [0.2, 0.25) is 43.7 Å². The quantitative estimate of drug-likeness (QED) is 0.0422. The highest BCUT2D eigenvalue weighted by molar-refractivity contribution is 9.11. The van der Waals surface area contributed by atoms with Crippen LogP contribution in [0.4, 0.5) is 30.4 Å². The van der Waals surface area contributed by atoms with E-state index in [1.165, 1.54) is 26.4 Å². The van der Waals surface area contributed by atoms with Gasteiger partial charge in [0, 0.05) is 17.5 Å². The Morgan fingerprint density at radius 1 is 0.594 bits per heavy atom. The van der Waals surface area contributed by atoms with Crippen LogP contribution in [0.1, 0.15) is 24.2 Å². The average Bonchev–Trinajstić information content (AvgIpc) is 3.88. The molecule has 0 aliphatic heterocycles. The third-order valence-electron chi connectivity index (χ3n) is 8.37. The molecule has 6 aromatic rings. The van der Waals surface area contributed by atoms with Crippen molar-refractivity contribution >= 4 is 104 Å². The molecule has 6 rings (SSSR count). The second-order valence-corrected chi connectivity index (χ2v) is 20.7. The van der Waals surface area contributed by atoms with Crippen LogP contribution < -0.4 is 49.7 Å². The SMILES string of the molecule is COc1ccccc1Oc1cc(F)ccc1NC(=O)CC(=O)Nc1nc(CNS(C)(=O)=O)c(Br)s1.COc1ccccc1Oc1cc(F)ccc1NC(=O)CC(=O)Nc1nc(CNS(C)(=O)=O)cs1. The van der Waals surface area contributed by atoms with Gasteiger partial charge in [0.25, 0.3) is 0 Å². The Morgan fingerprint density at radius 3 is 1.49 bits per heavy atom. The summed E-state index contributed by atoms with van der Waals surface area (Å²) < 4.78 is 99.5. The number of amides is 4. The highest BCUT2D eigenvalue weighted by atomic mass is 79.9. The maximum atomic E-state index is 13.8. The zero-order valence-electron chi connectivity index (χ0n) is 36.5. The van der Waals surface area contributed by atoms with Gasteiger partial charge in [-0.3, -0.25) is 19.2 Å². The molecule has 69 heavy (non-hydrogen) atoms. The number of nitrogens with one attached hydrogen (secondary N) is 6. The molecule has 2 aromatic heterocycles. The number of carbonyl (C=O) groups is 4. The average molecular weight is 1100 g/mol. The summed E-state index contributed by atoms with van der Waals surface area (Å²) in [4.78, 5) is 57.6. The monoisotopic (exact) mass is 1090 g/mol. The first kappa shape index (κ1) is 53.3. The Hall–Kier alpha value is -6.62. The van der Waals surface area contributed by atoms with E-state index < -0.39 is 68.2 Å². The minimum atomic E-state index is -3.42. The van der Waals surface area contributed by atoms with E-state index >= 15 is 0 Å². The van der Waals surface area contributed by atoms with Crippen LogP contribution in [-0.2, 0) is 52.3 Å². The molecule has 0 aliphatic carbocycles. The molecule has 0 saturated carbocycles. The van der Waals surface area contributed by atoms with Crippen molar-refractivity contribution in [2.24, 2.45) is 0 Å². The summed E-state index contributed by atoms with van der Waals surface area (Å²) in [6.07, 6.45) is 0.943. The Labute approximate surface area is 410 Å². The number of halogens is 3. The number of thiazole rings is 2. The molecule has 20 nitrogen and oxygen atoms in total. The molecule has 0 unspecified atom stereocenters. The number of para-hydroxylation sites is 4. The van der Waals surface area contributed by atoms with E-state index in [4.69, 9.17) is 18.9 Å². The van der Waals surface area contributed by atoms with E-state index in [9.17, 15) is 44.8 Å². The van der Waals surface area contributed by atoms with Crippen LogP contribution >= 0.6 is 38.6 Å². The number of benzene rings is 4. The van der Waals surface area contributed by atoms with Crippen LogP contribution in [0, 0.1) is 11.6 Å². The van der Waals surface area contributed by atoms with Crippen LogP contribution in [0.25, 0.3) is 0 Å². The van der Waals surface area contributed by atoms with Crippen LogP contribution in [0.2, 0.25) is 0 Å². The largest absolute Gasteiger partial charge is 0.493 e. The summed E-state index contributed by atoms with van der Waals surface area (Å²) in [7, 11) is -3.87. The second kappa shape index (κ2) is 24.6. The molecular formula is C42H41BrF2N8O12S4. The smallest absolute Gasteiger partial charge is 0.235 e. The van der Waals surface area contributed by atoms with Crippen LogP contribution in [0.15, 0.2) is 94.1 Å². The molecule has 0 radical (unpaired) electrons. The summed E-state index contributed by atoms with van der Waals surface area (Å²) in [5, 5.41) is 12.0. The Morgan fingerprint density at radius 2 is 1.03 bits per heavy atom. The lowest BCUT2D eigenvalue weighted by atomic mass is 10.2. The number of nitrogens with zero attached hydrogens (tertiary/aromatic N) is 2. The lowest BCUT2D eigenvalue weighted by Gasteiger charge is -2.14. The number of sulfonamides is 2. The van der Waals surface area contributed by atoms with Crippen molar-refractivity contribution in [2.75, 3.05) is 48.0 Å². The first-order valence-corrected chi connectivity index (χ1v) is 25.8. The number of rotatable bonds is 20. The van der Waals surface area contributed by atoms with Crippen molar-refractivity contribution < 1.29 is 63.7 Å². The molecule has 0 spiro atoms.